The van der Waals surface area contributed by atoms with Crippen molar-refractivity contribution in [2.45, 2.75) is 58.5 Å². The highest BCUT2D eigenvalue weighted by atomic mass is 16.3. The molecule has 1 aliphatic carbocycles. The molecule has 2 fully saturated rings. The van der Waals surface area contributed by atoms with Crippen LogP contribution in [-0.2, 0) is 0 Å². The first-order valence-electron chi connectivity index (χ1n) is 7.46. The van der Waals surface area contributed by atoms with E-state index in [-0.39, 0.29) is 5.41 Å². The third-order valence-corrected chi connectivity index (χ3v) is 5.68. The van der Waals surface area contributed by atoms with Crippen molar-refractivity contribution in [1.29, 1.82) is 0 Å². The molecule has 0 radical (unpaired) electrons. The minimum Gasteiger partial charge on any atom is -0.388 e. The minimum atomic E-state index is -0.565. The molecule has 3 heteroatoms. The topological polar surface area (TPSA) is 58.3 Å². The fraction of sp³-hybridized carbons (Fsp3) is 1.00. The van der Waals surface area contributed by atoms with Crippen LogP contribution in [-0.4, -0.2) is 30.3 Å². The number of hydrogen-bond donors (Lipinski definition) is 3. The molecule has 0 aromatic heterocycles. The molecule has 0 bridgehead atoms. The fourth-order valence-electron chi connectivity index (χ4n) is 4.03. The van der Waals surface area contributed by atoms with Gasteiger partial charge in [0.05, 0.1) is 5.60 Å². The summed E-state index contributed by atoms with van der Waals surface area (Å²) >= 11 is 0. The lowest BCUT2D eigenvalue weighted by Gasteiger charge is -2.50. The van der Waals surface area contributed by atoms with Gasteiger partial charge in [0.2, 0.25) is 0 Å². The molecule has 0 spiro atoms. The highest BCUT2D eigenvalue weighted by molar-refractivity contribution is 5.06. The maximum atomic E-state index is 10.9. The zero-order valence-electron chi connectivity index (χ0n) is 12.3. The van der Waals surface area contributed by atoms with Gasteiger partial charge in [0, 0.05) is 18.5 Å². The van der Waals surface area contributed by atoms with E-state index in [1.54, 1.807) is 0 Å². The van der Waals surface area contributed by atoms with Crippen LogP contribution in [0.25, 0.3) is 0 Å². The van der Waals surface area contributed by atoms with Crippen LogP contribution in [0.2, 0.25) is 0 Å². The first kappa shape index (κ1) is 14.3. The summed E-state index contributed by atoms with van der Waals surface area (Å²) < 4.78 is 0. The molecule has 3 nitrogen and oxygen atoms in total. The van der Waals surface area contributed by atoms with Gasteiger partial charge < -0.3 is 16.2 Å². The second-order valence-corrected chi connectivity index (χ2v) is 7.58. The first-order chi connectivity index (χ1) is 8.33. The average molecular weight is 254 g/mol. The molecule has 1 aliphatic heterocycles. The quantitative estimate of drug-likeness (QED) is 0.705. The van der Waals surface area contributed by atoms with Crippen LogP contribution >= 0.6 is 0 Å². The van der Waals surface area contributed by atoms with E-state index in [2.05, 4.69) is 26.1 Å². The van der Waals surface area contributed by atoms with Crippen molar-refractivity contribution >= 4 is 0 Å². The maximum Gasteiger partial charge on any atom is 0.0851 e. The predicted molar refractivity (Wildman–Crippen MR) is 75.3 cm³/mol. The van der Waals surface area contributed by atoms with Crippen LogP contribution in [0, 0.1) is 16.7 Å². The Labute approximate surface area is 112 Å². The summed E-state index contributed by atoms with van der Waals surface area (Å²) in [7, 11) is 0. The molecule has 18 heavy (non-hydrogen) atoms. The van der Waals surface area contributed by atoms with Crippen molar-refractivity contribution in [3.8, 4) is 0 Å². The molecule has 1 unspecified atom stereocenters. The van der Waals surface area contributed by atoms with Gasteiger partial charge in [-0.3, -0.25) is 0 Å². The first-order valence-corrected chi connectivity index (χ1v) is 7.46. The standard InChI is InChI=1S/C15H30N2O/c1-13(2,3)12-4-6-14(10-16,7-5-12)15(18)8-9-17-11-15/h12,17-18H,4-11,16H2,1-3H3. The second kappa shape index (κ2) is 4.77. The van der Waals surface area contributed by atoms with Crippen LogP contribution in [0.5, 0.6) is 0 Å². The van der Waals surface area contributed by atoms with E-state index >= 15 is 0 Å². The van der Waals surface area contributed by atoms with Crippen molar-refractivity contribution in [1.82, 2.24) is 5.32 Å². The number of hydrogen-bond acceptors (Lipinski definition) is 3. The zero-order valence-corrected chi connectivity index (χ0v) is 12.3. The molecule has 1 atom stereocenters. The van der Waals surface area contributed by atoms with E-state index < -0.39 is 5.60 Å². The molecule has 1 saturated carbocycles. The lowest BCUT2D eigenvalue weighted by Crippen LogP contribution is -2.56. The third-order valence-electron chi connectivity index (χ3n) is 5.68. The summed E-state index contributed by atoms with van der Waals surface area (Å²) in [5, 5.41) is 14.2. The van der Waals surface area contributed by atoms with Gasteiger partial charge in [0.1, 0.15) is 0 Å². The Kier molecular flexibility index (Phi) is 3.79. The number of aliphatic hydroxyl groups is 1. The molecular formula is C15H30N2O. The van der Waals surface area contributed by atoms with Crippen LogP contribution < -0.4 is 11.1 Å². The van der Waals surface area contributed by atoms with Gasteiger partial charge in [-0.05, 0) is 50.0 Å². The molecule has 2 rings (SSSR count). The van der Waals surface area contributed by atoms with E-state index in [9.17, 15) is 5.11 Å². The molecule has 4 N–H and O–H groups in total. The normalized spacial score (nSPS) is 42.2. The Bertz CT molecular complexity index is 281. The predicted octanol–water partition coefficient (Wildman–Crippen LogP) is 1.89. The van der Waals surface area contributed by atoms with Gasteiger partial charge in [-0.1, -0.05) is 20.8 Å². The molecule has 1 heterocycles. The summed E-state index contributed by atoms with van der Waals surface area (Å²) in [6.45, 7) is 9.28. The Morgan fingerprint density at radius 3 is 2.22 bits per heavy atom. The van der Waals surface area contributed by atoms with Crippen LogP contribution in [0.15, 0.2) is 0 Å². The summed E-state index contributed by atoms with van der Waals surface area (Å²) in [5.74, 6) is 0.773. The molecule has 106 valence electrons. The van der Waals surface area contributed by atoms with Gasteiger partial charge in [0.25, 0.3) is 0 Å². The third kappa shape index (κ3) is 2.33. The maximum absolute atomic E-state index is 10.9. The van der Waals surface area contributed by atoms with Crippen molar-refractivity contribution < 1.29 is 5.11 Å². The summed E-state index contributed by atoms with van der Waals surface area (Å²) in [6, 6.07) is 0. The average Bonchev–Trinajstić information content (AvgIpc) is 2.76. The fourth-order valence-corrected chi connectivity index (χ4v) is 4.03. The van der Waals surface area contributed by atoms with Gasteiger partial charge in [-0.25, -0.2) is 0 Å². The molecule has 0 aromatic rings. The molecular weight excluding hydrogens is 224 g/mol. The number of nitrogens with one attached hydrogen (secondary N) is 1. The molecule has 1 saturated heterocycles. The van der Waals surface area contributed by atoms with E-state index in [0.29, 0.717) is 12.0 Å². The Hall–Kier alpha value is -0.120. The second-order valence-electron chi connectivity index (χ2n) is 7.58. The number of nitrogens with two attached hydrogens (primary N) is 1. The summed E-state index contributed by atoms with van der Waals surface area (Å²) in [5.41, 5.74) is 5.85. The minimum absolute atomic E-state index is 0.0434. The molecule has 2 aliphatic rings. The number of rotatable bonds is 2. The Morgan fingerprint density at radius 2 is 1.83 bits per heavy atom. The lowest BCUT2D eigenvalue weighted by molar-refractivity contribution is -0.0965. The summed E-state index contributed by atoms with van der Waals surface area (Å²) in [6.07, 6.45) is 5.46. The highest BCUT2D eigenvalue weighted by Gasteiger charge is 2.52. The number of β-amino-alcohol motifs (C(OH)–C–C–N with tert-alkyl or cyclic N) is 1. The van der Waals surface area contributed by atoms with Gasteiger partial charge in [-0.2, -0.15) is 0 Å². The SMILES string of the molecule is CC(C)(C)C1CCC(CN)(C2(O)CCNC2)CC1. The lowest BCUT2D eigenvalue weighted by atomic mass is 9.58. The smallest absolute Gasteiger partial charge is 0.0851 e. The molecule has 0 amide bonds. The van der Waals surface area contributed by atoms with Gasteiger partial charge >= 0.3 is 0 Å². The van der Waals surface area contributed by atoms with E-state index in [4.69, 9.17) is 5.73 Å². The van der Waals surface area contributed by atoms with Gasteiger partial charge in [0.15, 0.2) is 0 Å². The largest absolute Gasteiger partial charge is 0.388 e. The Morgan fingerprint density at radius 1 is 1.22 bits per heavy atom. The van der Waals surface area contributed by atoms with Crippen molar-refractivity contribution in [3.05, 3.63) is 0 Å². The van der Waals surface area contributed by atoms with Crippen LogP contribution in [0.3, 0.4) is 0 Å². The van der Waals surface area contributed by atoms with Crippen molar-refractivity contribution in [3.63, 3.8) is 0 Å². The van der Waals surface area contributed by atoms with Crippen molar-refractivity contribution in [2.24, 2.45) is 22.5 Å². The van der Waals surface area contributed by atoms with E-state index in [0.717, 1.165) is 38.3 Å². The van der Waals surface area contributed by atoms with E-state index in [1.807, 2.05) is 0 Å². The molecule has 0 aromatic carbocycles. The zero-order chi connectivity index (χ0) is 13.4. The van der Waals surface area contributed by atoms with Crippen molar-refractivity contribution in [2.75, 3.05) is 19.6 Å². The monoisotopic (exact) mass is 254 g/mol. The summed E-state index contributed by atoms with van der Waals surface area (Å²) in [4.78, 5) is 0. The van der Waals surface area contributed by atoms with Crippen LogP contribution in [0.4, 0.5) is 0 Å². The van der Waals surface area contributed by atoms with Crippen LogP contribution in [0.1, 0.15) is 52.9 Å². The Balaban J connectivity index is 2.09. The van der Waals surface area contributed by atoms with E-state index in [1.165, 1.54) is 12.8 Å². The highest BCUT2D eigenvalue weighted by Crippen LogP contribution is 2.51. The van der Waals surface area contributed by atoms with Gasteiger partial charge in [-0.15, -0.1) is 0 Å².